The number of ether oxygens (including phenoxy) is 1. The third-order valence-electron chi connectivity index (χ3n) is 1.69. The van der Waals surface area contributed by atoms with Crippen molar-refractivity contribution in [3.63, 3.8) is 0 Å². The highest BCUT2D eigenvalue weighted by Gasteiger charge is 2.20. The van der Waals surface area contributed by atoms with Crippen LogP contribution in [-0.4, -0.2) is 48.3 Å². The van der Waals surface area contributed by atoms with Crippen molar-refractivity contribution >= 4 is 6.72 Å². The third kappa shape index (κ3) is 5.27. The van der Waals surface area contributed by atoms with E-state index in [-0.39, 0.29) is 12.1 Å². The minimum atomic E-state index is 0.0859. The van der Waals surface area contributed by atoms with Crippen LogP contribution < -0.4 is 0 Å². The van der Waals surface area contributed by atoms with Gasteiger partial charge in [-0.05, 0) is 20.8 Å². The fourth-order valence-corrected chi connectivity index (χ4v) is 0.677. The van der Waals surface area contributed by atoms with Crippen molar-refractivity contribution in [2.75, 3.05) is 26.4 Å². The number of aliphatic hydroxyl groups is 1. The van der Waals surface area contributed by atoms with Crippen LogP contribution >= 0.6 is 0 Å². The molecule has 0 aliphatic rings. The van der Waals surface area contributed by atoms with E-state index in [1.165, 1.54) is 0 Å². The summed E-state index contributed by atoms with van der Waals surface area (Å²) in [5.74, 6) is 0. The van der Waals surface area contributed by atoms with Gasteiger partial charge < -0.3 is 9.84 Å². The summed E-state index contributed by atoms with van der Waals surface area (Å²) < 4.78 is 7.09. The molecule has 0 atom stereocenters. The van der Waals surface area contributed by atoms with E-state index in [1.807, 2.05) is 4.58 Å². The summed E-state index contributed by atoms with van der Waals surface area (Å²) >= 11 is 0. The SMILES string of the molecule is C=[N+](CCOCCO)C(C)(C)C. The molecule has 0 aromatic heterocycles. The minimum Gasteiger partial charge on any atom is -0.394 e. The maximum Gasteiger partial charge on any atom is 0.165 e. The lowest BCUT2D eigenvalue weighted by atomic mass is 10.1. The highest BCUT2D eigenvalue weighted by atomic mass is 16.5. The molecule has 0 spiro atoms. The lowest BCUT2D eigenvalue weighted by molar-refractivity contribution is -0.591. The van der Waals surface area contributed by atoms with E-state index >= 15 is 0 Å². The van der Waals surface area contributed by atoms with Gasteiger partial charge in [-0.15, -0.1) is 0 Å². The van der Waals surface area contributed by atoms with Gasteiger partial charge in [-0.3, -0.25) is 0 Å². The zero-order valence-electron chi connectivity index (χ0n) is 8.34. The Labute approximate surface area is 74.7 Å². The maximum atomic E-state index is 8.44. The smallest absolute Gasteiger partial charge is 0.165 e. The van der Waals surface area contributed by atoms with Crippen molar-refractivity contribution in [2.24, 2.45) is 0 Å². The molecule has 0 unspecified atom stereocenters. The Balaban J connectivity index is 3.45. The molecule has 12 heavy (non-hydrogen) atoms. The van der Waals surface area contributed by atoms with Crippen molar-refractivity contribution in [1.29, 1.82) is 0 Å². The van der Waals surface area contributed by atoms with E-state index < -0.39 is 0 Å². The summed E-state index contributed by atoms with van der Waals surface area (Å²) in [6.45, 7) is 12.1. The van der Waals surface area contributed by atoms with Gasteiger partial charge in [0.2, 0.25) is 0 Å². The van der Waals surface area contributed by atoms with Gasteiger partial charge in [0.25, 0.3) is 0 Å². The first kappa shape index (κ1) is 11.6. The van der Waals surface area contributed by atoms with E-state index in [9.17, 15) is 0 Å². The Bertz CT molecular complexity index is 138. The van der Waals surface area contributed by atoms with Crippen molar-refractivity contribution in [3.8, 4) is 0 Å². The average molecular weight is 174 g/mol. The van der Waals surface area contributed by atoms with Gasteiger partial charge in [0.05, 0.1) is 13.2 Å². The Hall–Kier alpha value is -0.410. The predicted molar refractivity (Wildman–Crippen MR) is 49.9 cm³/mol. The van der Waals surface area contributed by atoms with Gasteiger partial charge in [-0.2, -0.15) is 0 Å². The van der Waals surface area contributed by atoms with Crippen molar-refractivity contribution < 1.29 is 14.4 Å². The number of nitrogens with zero attached hydrogens (tertiary/aromatic N) is 1. The molecule has 1 N–H and O–H groups in total. The Morgan fingerprint density at radius 1 is 1.33 bits per heavy atom. The van der Waals surface area contributed by atoms with Gasteiger partial charge in [0.15, 0.2) is 12.1 Å². The highest BCUT2D eigenvalue weighted by Crippen LogP contribution is 2.04. The van der Waals surface area contributed by atoms with Crippen LogP contribution in [0.15, 0.2) is 0 Å². The number of rotatable bonds is 5. The van der Waals surface area contributed by atoms with Crippen LogP contribution in [0.3, 0.4) is 0 Å². The van der Waals surface area contributed by atoms with Crippen molar-refractivity contribution in [3.05, 3.63) is 0 Å². The lowest BCUT2D eigenvalue weighted by Crippen LogP contribution is -2.34. The topological polar surface area (TPSA) is 32.5 Å². The summed E-state index contributed by atoms with van der Waals surface area (Å²) in [6.07, 6.45) is 0. The minimum absolute atomic E-state index is 0.0859. The van der Waals surface area contributed by atoms with Crippen LogP contribution in [0.5, 0.6) is 0 Å². The summed E-state index contributed by atoms with van der Waals surface area (Å²) in [6, 6.07) is 0. The number of aliphatic hydroxyl groups excluding tert-OH is 1. The fourth-order valence-electron chi connectivity index (χ4n) is 0.677. The molecule has 0 saturated carbocycles. The van der Waals surface area contributed by atoms with E-state index in [1.54, 1.807) is 0 Å². The van der Waals surface area contributed by atoms with E-state index in [0.29, 0.717) is 13.2 Å². The van der Waals surface area contributed by atoms with Crippen molar-refractivity contribution in [2.45, 2.75) is 26.3 Å². The van der Waals surface area contributed by atoms with Gasteiger partial charge in [-0.25, -0.2) is 4.58 Å². The average Bonchev–Trinajstić information content (AvgIpc) is 1.96. The van der Waals surface area contributed by atoms with Gasteiger partial charge in [0.1, 0.15) is 13.3 Å². The first-order valence-electron chi connectivity index (χ1n) is 4.25. The second kappa shape index (κ2) is 5.27. The summed E-state index contributed by atoms with van der Waals surface area (Å²) in [4.78, 5) is 0. The van der Waals surface area contributed by atoms with Crippen LogP contribution in [-0.2, 0) is 4.74 Å². The monoisotopic (exact) mass is 174 g/mol. The molecule has 0 rings (SSSR count). The Morgan fingerprint density at radius 2 is 1.92 bits per heavy atom. The van der Waals surface area contributed by atoms with Crippen LogP contribution in [0.4, 0.5) is 0 Å². The van der Waals surface area contributed by atoms with E-state index in [4.69, 9.17) is 9.84 Å². The van der Waals surface area contributed by atoms with Crippen LogP contribution in [0.2, 0.25) is 0 Å². The summed E-state index contributed by atoms with van der Waals surface area (Å²) in [5.41, 5.74) is 0.0859. The first-order valence-corrected chi connectivity index (χ1v) is 4.25. The molecular formula is C9H20NO2+. The molecule has 0 radical (unpaired) electrons. The quantitative estimate of drug-likeness (QED) is 0.374. The first-order chi connectivity index (χ1) is 5.48. The Kier molecular flexibility index (Phi) is 5.09. The van der Waals surface area contributed by atoms with Crippen LogP contribution in [0, 0.1) is 0 Å². The zero-order chi connectivity index (χ0) is 9.61. The molecule has 0 fully saturated rings. The largest absolute Gasteiger partial charge is 0.394 e. The molecule has 0 aromatic rings. The molecule has 0 saturated heterocycles. The second-order valence-corrected chi connectivity index (χ2v) is 3.77. The number of hydrogen-bond acceptors (Lipinski definition) is 2. The normalized spacial score (nSPS) is 11.7. The van der Waals surface area contributed by atoms with E-state index in [0.717, 1.165) is 6.54 Å². The fraction of sp³-hybridized carbons (Fsp3) is 0.889. The van der Waals surface area contributed by atoms with E-state index in [2.05, 4.69) is 27.5 Å². The molecule has 0 heterocycles. The van der Waals surface area contributed by atoms with Gasteiger partial charge >= 0.3 is 0 Å². The molecule has 0 aliphatic carbocycles. The molecule has 3 heteroatoms. The molecular weight excluding hydrogens is 154 g/mol. The summed E-state index contributed by atoms with van der Waals surface area (Å²) in [5, 5.41) is 8.44. The highest BCUT2D eigenvalue weighted by molar-refractivity contribution is 5.15. The zero-order valence-corrected chi connectivity index (χ0v) is 8.34. The lowest BCUT2D eigenvalue weighted by Gasteiger charge is -2.16. The Morgan fingerprint density at radius 3 is 2.33 bits per heavy atom. The molecule has 72 valence electrons. The van der Waals surface area contributed by atoms with Crippen LogP contribution in [0.1, 0.15) is 20.8 Å². The van der Waals surface area contributed by atoms with Gasteiger partial charge in [0, 0.05) is 0 Å². The molecule has 0 aromatic carbocycles. The summed E-state index contributed by atoms with van der Waals surface area (Å²) in [7, 11) is 0. The van der Waals surface area contributed by atoms with Gasteiger partial charge in [-0.1, -0.05) is 0 Å². The van der Waals surface area contributed by atoms with Crippen molar-refractivity contribution in [1.82, 2.24) is 0 Å². The molecule has 0 aliphatic heterocycles. The number of hydrogen-bond donors (Lipinski definition) is 1. The molecule has 0 amide bonds. The third-order valence-corrected chi connectivity index (χ3v) is 1.69. The standard InChI is InChI=1S/C9H20NO2/c1-9(2,3)10(4)5-7-12-8-6-11/h11H,4-8H2,1-3H3/q+1. The molecule has 0 bridgehead atoms. The molecule has 3 nitrogen and oxygen atoms in total. The second-order valence-electron chi connectivity index (χ2n) is 3.77. The maximum absolute atomic E-state index is 8.44. The van der Waals surface area contributed by atoms with Crippen LogP contribution in [0.25, 0.3) is 0 Å². The predicted octanol–water partition coefficient (Wildman–Crippen LogP) is 0.507.